The molecule has 0 bridgehead atoms. The zero-order valence-corrected chi connectivity index (χ0v) is 14.9. The maximum atomic E-state index is 12.2. The largest absolute Gasteiger partial charge is 0.296 e. The molecule has 2 rings (SSSR count). The Morgan fingerprint density at radius 3 is 2.26 bits per heavy atom. The van der Waals surface area contributed by atoms with Gasteiger partial charge in [-0.2, -0.15) is 0 Å². The monoisotopic (exact) mass is 354 g/mol. The fraction of sp³-hybridized carbons (Fsp3) is 0.357. The van der Waals surface area contributed by atoms with Crippen LogP contribution >= 0.6 is 11.3 Å². The van der Waals surface area contributed by atoms with Crippen LogP contribution in [-0.4, -0.2) is 42.9 Å². The molecule has 0 saturated carbocycles. The third kappa shape index (κ3) is 3.92. The molecule has 0 aliphatic carbocycles. The molecule has 0 aliphatic rings. The van der Waals surface area contributed by atoms with E-state index in [-0.39, 0.29) is 16.7 Å². The van der Waals surface area contributed by atoms with Gasteiger partial charge in [0.25, 0.3) is 5.91 Å². The molecule has 9 heteroatoms. The van der Waals surface area contributed by atoms with Gasteiger partial charge in [-0.25, -0.2) is 12.7 Å². The molecule has 1 heterocycles. The van der Waals surface area contributed by atoms with Crippen LogP contribution in [0.15, 0.2) is 29.2 Å². The average Bonchev–Trinajstić information content (AvgIpc) is 2.96. The van der Waals surface area contributed by atoms with Crippen LogP contribution in [0.1, 0.15) is 35.1 Å². The minimum atomic E-state index is -3.50. The Morgan fingerprint density at radius 1 is 1.17 bits per heavy atom. The highest BCUT2D eigenvalue weighted by Gasteiger charge is 2.18. The van der Waals surface area contributed by atoms with Crippen molar-refractivity contribution in [3.63, 3.8) is 0 Å². The maximum absolute atomic E-state index is 12.2. The van der Waals surface area contributed by atoms with Crippen molar-refractivity contribution in [2.24, 2.45) is 0 Å². The molecule has 0 spiro atoms. The third-order valence-electron chi connectivity index (χ3n) is 3.05. The molecule has 0 unspecified atom stereocenters. The number of sulfonamides is 1. The summed E-state index contributed by atoms with van der Waals surface area (Å²) in [7, 11) is -0.591. The second kappa shape index (κ2) is 6.73. The molecule has 1 N–H and O–H groups in total. The number of benzene rings is 1. The zero-order chi connectivity index (χ0) is 17.2. The molecule has 2 aromatic rings. The Bertz CT molecular complexity index is 796. The Balaban J connectivity index is 2.14. The fourth-order valence-corrected chi connectivity index (χ4v) is 3.32. The van der Waals surface area contributed by atoms with Gasteiger partial charge in [0, 0.05) is 25.6 Å². The van der Waals surface area contributed by atoms with E-state index >= 15 is 0 Å². The lowest BCUT2D eigenvalue weighted by molar-refractivity contribution is 0.102. The number of hydrogen-bond donors (Lipinski definition) is 1. The van der Waals surface area contributed by atoms with Gasteiger partial charge in [-0.1, -0.05) is 25.2 Å². The number of hydrogen-bond acceptors (Lipinski definition) is 6. The molecule has 0 fully saturated rings. The molecular weight excluding hydrogens is 336 g/mol. The second-order valence-electron chi connectivity index (χ2n) is 5.37. The van der Waals surface area contributed by atoms with E-state index in [0.717, 1.165) is 9.31 Å². The number of amides is 1. The van der Waals surface area contributed by atoms with Crippen molar-refractivity contribution in [3.05, 3.63) is 34.8 Å². The molecular formula is C14H18N4O3S2. The van der Waals surface area contributed by atoms with E-state index in [9.17, 15) is 13.2 Å². The molecule has 0 radical (unpaired) electrons. The molecule has 124 valence electrons. The first-order valence-electron chi connectivity index (χ1n) is 6.89. The molecule has 7 nitrogen and oxygen atoms in total. The summed E-state index contributed by atoms with van der Waals surface area (Å²) in [6.45, 7) is 3.99. The number of carbonyl (C=O) groups excluding carboxylic acids is 1. The van der Waals surface area contributed by atoms with Crippen LogP contribution < -0.4 is 5.32 Å². The summed E-state index contributed by atoms with van der Waals surface area (Å²) >= 11 is 1.32. The zero-order valence-electron chi connectivity index (χ0n) is 13.3. The van der Waals surface area contributed by atoms with Gasteiger partial charge >= 0.3 is 0 Å². The predicted octanol–water partition coefficient (Wildman–Crippen LogP) is 2.16. The van der Waals surface area contributed by atoms with E-state index in [1.54, 1.807) is 0 Å². The van der Waals surface area contributed by atoms with Crippen LogP contribution in [0.3, 0.4) is 0 Å². The smallest absolute Gasteiger partial charge is 0.257 e. The normalized spacial score (nSPS) is 11.9. The number of carbonyl (C=O) groups is 1. The lowest BCUT2D eigenvalue weighted by Crippen LogP contribution is -2.22. The topological polar surface area (TPSA) is 92.3 Å². The van der Waals surface area contributed by atoms with E-state index in [1.807, 2.05) is 13.8 Å². The van der Waals surface area contributed by atoms with Crippen molar-refractivity contribution in [1.29, 1.82) is 0 Å². The minimum absolute atomic E-state index is 0.136. The molecule has 1 aromatic carbocycles. The van der Waals surface area contributed by atoms with E-state index in [4.69, 9.17) is 0 Å². The number of nitrogens with one attached hydrogen (secondary N) is 1. The predicted molar refractivity (Wildman–Crippen MR) is 89.3 cm³/mol. The highest BCUT2D eigenvalue weighted by atomic mass is 32.2. The van der Waals surface area contributed by atoms with E-state index in [1.165, 1.54) is 49.7 Å². The van der Waals surface area contributed by atoms with Crippen LogP contribution in [0.4, 0.5) is 5.13 Å². The SMILES string of the molecule is CC(C)c1nnc(NC(=O)c2ccc(S(=O)(=O)N(C)C)cc2)s1. The van der Waals surface area contributed by atoms with Crippen LogP contribution in [0.2, 0.25) is 0 Å². The first-order chi connectivity index (χ1) is 10.7. The summed E-state index contributed by atoms with van der Waals surface area (Å²) in [6, 6.07) is 5.75. The van der Waals surface area contributed by atoms with Crippen molar-refractivity contribution in [1.82, 2.24) is 14.5 Å². The van der Waals surface area contributed by atoms with Crippen LogP contribution in [-0.2, 0) is 10.0 Å². The maximum Gasteiger partial charge on any atom is 0.257 e. The van der Waals surface area contributed by atoms with Crippen molar-refractivity contribution >= 4 is 32.4 Å². The molecule has 0 atom stereocenters. The Kier molecular flexibility index (Phi) is 5.12. The van der Waals surface area contributed by atoms with E-state index < -0.39 is 10.0 Å². The van der Waals surface area contributed by atoms with E-state index in [0.29, 0.717) is 10.7 Å². The number of rotatable bonds is 5. The summed E-state index contributed by atoms with van der Waals surface area (Å²) in [4.78, 5) is 12.3. The highest BCUT2D eigenvalue weighted by Crippen LogP contribution is 2.23. The Morgan fingerprint density at radius 2 is 1.78 bits per heavy atom. The van der Waals surface area contributed by atoms with Gasteiger partial charge in [-0.15, -0.1) is 10.2 Å². The van der Waals surface area contributed by atoms with Gasteiger partial charge in [-0.3, -0.25) is 10.1 Å². The van der Waals surface area contributed by atoms with E-state index in [2.05, 4.69) is 15.5 Å². The summed E-state index contributed by atoms with van der Waals surface area (Å²) in [6.07, 6.45) is 0. The van der Waals surface area contributed by atoms with Crippen LogP contribution in [0.25, 0.3) is 0 Å². The average molecular weight is 354 g/mol. The lowest BCUT2D eigenvalue weighted by atomic mass is 10.2. The number of nitrogens with zero attached hydrogens (tertiary/aromatic N) is 3. The number of aromatic nitrogens is 2. The molecule has 1 aromatic heterocycles. The summed E-state index contributed by atoms with van der Waals surface area (Å²) in [5, 5.41) is 11.8. The van der Waals surface area contributed by atoms with Crippen molar-refractivity contribution in [2.45, 2.75) is 24.7 Å². The van der Waals surface area contributed by atoms with Crippen molar-refractivity contribution in [2.75, 3.05) is 19.4 Å². The van der Waals surface area contributed by atoms with Gasteiger partial charge in [0.05, 0.1) is 4.90 Å². The summed E-state index contributed by atoms with van der Waals surface area (Å²) < 4.78 is 25.1. The van der Waals surface area contributed by atoms with Gasteiger partial charge in [0.1, 0.15) is 5.01 Å². The molecule has 23 heavy (non-hydrogen) atoms. The second-order valence-corrected chi connectivity index (χ2v) is 8.53. The van der Waals surface area contributed by atoms with Gasteiger partial charge in [0.2, 0.25) is 15.2 Å². The Labute approximate surface area is 139 Å². The lowest BCUT2D eigenvalue weighted by Gasteiger charge is -2.11. The van der Waals surface area contributed by atoms with Crippen molar-refractivity contribution < 1.29 is 13.2 Å². The molecule has 0 aliphatic heterocycles. The fourth-order valence-electron chi connectivity index (χ4n) is 1.68. The molecule has 1 amide bonds. The minimum Gasteiger partial charge on any atom is -0.296 e. The van der Waals surface area contributed by atoms with Gasteiger partial charge in [0.15, 0.2) is 0 Å². The van der Waals surface area contributed by atoms with Crippen LogP contribution in [0.5, 0.6) is 0 Å². The van der Waals surface area contributed by atoms with Gasteiger partial charge < -0.3 is 0 Å². The first-order valence-corrected chi connectivity index (χ1v) is 9.15. The quantitative estimate of drug-likeness (QED) is 0.888. The summed E-state index contributed by atoms with van der Waals surface area (Å²) in [5.74, 6) is -0.112. The number of anilines is 1. The third-order valence-corrected chi connectivity index (χ3v) is 6.02. The van der Waals surface area contributed by atoms with Gasteiger partial charge in [-0.05, 0) is 24.3 Å². The first kappa shape index (κ1) is 17.5. The summed E-state index contributed by atoms with van der Waals surface area (Å²) in [5.41, 5.74) is 0.351. The molecule has 0 saturated heterocycles. The van der Waals surface area contributed by atoms with Crippen molar-refractivity contribution in [3.8, 4) is 0 Å². The Hall–Kier alpha value is -1.84. The van der Waals surface area contributed by atoms with Crippen LogP contribution in [0, 0.1) is 0 Å². The highest BCUT2D eigenvalue weighted by molar-refractivity contribution is 7.89. The standard InChI is InChI=1S/C14H18N4O3S2/c1-9(2)13-16-17-14(22-13)15-12(19)10-5-7-11(8-6-10)23(20,21)18(3)4/h5-9H,1-4H3,(H,15,17,19).